The van der Waals surface area contributed by atoms with Crippen molar-refractivity contribution < 1.29 is 29.4 Å². The lowest BCUT2D eigenvalue weighted by Crippen LogP contribution is -2.58. The fraction of sp³-hybridized carbons (Fsp3) is 0.545. The van der Waals surface area contributed by atoms with Crippen molar-refractivity contribution in [3.05, 3.63) is 35.9 Å². The second-order valence-electron chi connectivity index (χ2n) is 7.95. The van der Waals surface area contributed by atoms with Crippen LogP contribution < -0.4 is 27.4 Å². The number of hydrogen-bond acceptors (Lipinski definition) is 8. The molecule has 9 N–H and O–H groups in total. The number of nitrogens with two attached hydrogens (primary N) is 2. The van der Waals surface area contributed by atoms with E-state index in [-0.39, 0.29) is 18.6 Å². The number of aliphatic carboxylic acids is 1. The van der Waals surface area contributed by atoms with Crippen molar-refractivity contribution in [2.24, 2.45) is 11.5 Å². The van der Waals surface area contributed by atoms with Crippen LogP contribution in [0.3, 0.4) is 0 Å². The Morgan fingerprint density at radius 1 is 0.971 bits per heavy atom. The number of carbonyl (C=O) groups is 4. The highest BCUT2D eigenvalue weighted by Crippen LogP contribution is 2.06. The molecule has 12 heteroatoms. The van der Waals surface area contributed by atoms with Crippen LogP contribution in [0.15, 0.2) is 30.3 Å². The highest BCUT2D eigenvalue weighted by Gasteiger charge is 2.31. The summed E-state index contributed by atoms with van der Waals surface area (Å²) in [5, 5.41) is 26.0. The molecule has 1 rings (SSSR count). The van der Waals surface area contributed by atoms with E-state index in [9.17, 15) is 24.3 Å². The number of carbonyl (C=O) groups excluding carboxylic acids is 3. The van der Waals surface area contributed by atoms with Crippen molar-refractivity contribution in [2.75, 3.05) is 12.3 Å². The number of aliphatic hydroxyl groups is 1. The highest BCUT2D eigenvalue weighted by molar-refractivity contribution is 7.80. The molecule has 5 atom stereocenters. The van der Waals surface area contributed by atoms with E-state index in [0.717, 1.165) is 5.56 Å². The molecule has 3 amide bonds. The topological polar surface area (TPSA) is 197 Å². The van der Waals surface area contributed by atoms with Crippen LogP contribution in [0.25, 0.3) is 0 Å². The van der Waals surface area contributed by atoms with Gasteiger partial charge in [0.1, 0.15) is 12.1 Å². The molecule has 190 valence electrons. The van der Waals surface area contributed by atoms with Crippen LogP contribution in [0.2, 0.25) is 0 Å². The molecule has 34 heavy (non-hydrogen) atoms. The first kappa shape index (κ1) is 29.4. The van der Waals surface area contributed by atoms with E-state index >= 15 is 0 Å². The summed E-state index contributed by atoms with van der Waals surface area (Å²) in [6.45, 7) is 1.63. The van der Waals surface area contributed by atoms with Gasteiger partial charge in [0, 0.05) is 5.75 Å². The molecule has 0 aromatic heterocycles. The number of carboxylic acid groups (broad SMARTS) is 1. The summed E-state index contributed by atoms with van der Waals surface area (Å²) in [6, 6.07) is 4.57. The summed E-state index contributed by atoms with van der Waals surface area (Å²) in [5.74, 6) is -3.56. The Balaban J connectivity index is 2.85. The van der Waals surface area contributed by atoms with Crippen molar-refractivity contribution in [1.29, 1.82) is 0 Å². The van der Waals surface area contributed by atoms with Crippen molar-refractivity contribution >= 4 is 36.3 Å². The van der Waals surface area contributed by atoms with Gasteiger partial charge in [-0.05, 0) is 44.7 Å². The van der Waals surface area contributed by atoms with Crippen molar-refractivity contribution in [3.8, 4) is 0 Å². The molecule has 0 fully saturated rings. The monoisotopic (exact) mass is 497 g/mol. The van der Waals surface area contributed by atoms with Crippen LogP contribution in [-0.2, 0) is 25.6 Å². The van der Waals surface area contributed by atoms with Crippen LogP contribution in [0.1, 0.15) is 31.7 Å². The maximum absolute atomic E-state index is 12.9. The first-order chi connectivity index (χ1) is 16.1. The number of benzene rings is 1. The Kier molecular flexibility index (Phi) is 13.2. The molecule has 1 aromatic carbocycles. The largest absolute Gasteiger partial charge is 0.480 e. The lowest BCUT2D eigenvalue weighted by Gasteiger charge is -2.25. The summed E-state index contributed by atoms with van der Waals surface area (Å²) in [5.41, 5.74) is 12.4. The van der Waals surface area contributed by atoms with E-state index in [4.69, 9.17) is 16.6 Å². The molecule has 0 heterocycles. The van der Waals surface area contributed by atoms with Gasteiger partial charge in [-0.3, -0.25) is 14.4 Å². The summed E-state index contributed by atoms with van der Waals surface area (Å²) < 4.78 is 0. The quantitative estimate of drug-likeness (QED) is 0.106. The predicted molar refractivity (Wildman–Crippen MR) is 130 cm³/mol. The molecule has 0 spiro atoms. The summed E-state index contributed by atoms with van der Waals surface area (Å²) in [4.78, 5) is 49.3. The number of nitrogens with one attached hydrogen (secondary N) is 3. The van der Waals surface area contributed by atoms with Crippen LogP contribution in [0.4, 0.5) is 0 Å². The van der Waals surface area contributed by atoms with E-state index in [2.05, 4.69) is 28.6 Å². The molecule has 0 saturated carbocycles. The van der Waals surface area contributed by atoms with Crippen molar-refractivity contribution in [2.45, 2.75) is 62.9 Å². The molecule has 0 aliphatic heterocycles. The minimum Gasteiger partial charge on any atom is -0.480 e. The fourth-order valence-electron chi connectivity index (χ4n) is 3.11. The average molecular weight is 498 g/mol. The zero-order chi connectivity index (χ0) is 25.7. The maximum Gasteiger partial charge on any atom is 0.328 e. The lowest BCUT2D eigenvalue weighted by atomic mass is 10.0. The molecule has 5 unspecified atom stereocenters. The normalized spacial score (nSPS) is 15.3. The lowest BCUT2D eigenvalue weighted by molar-refractivity contribution is -0.145. The van der Waals surface area contributed by atoms with Crippen LogP contribution >= 0.6 is 12.6 Å². The highest BCUT2D eigenvalue weighted by atomic mass is 32.1. The summed E-state index contributed by atoms with van der Waals surface area (Å²) in [6.07, 6.45) is 0.359. The number of unbranched alkanes of at least 4 members (excludes halogenated alkanes) is 1. The summed E-state index contributed by atoms with van der Waals surface area (Å²) >= 11 is 4.06. The predicted octanol–water partition coefficient (Wildman–Crippen LogP) is -1.46. The molecule has 0 aliphatic rings. The van der Waals surface area contributed by atoms with Gasteiger partial charge in [0.2, 0.25) is 17.7 Å². The van der Waals surface area contributed by atoms with Gasteiger partial charge >= 0.3 is 5.97 Å². The van der Waals surface area contributed by atoms with Gasteiger partial charge in [0.15, 0.2) is 6.04 Å². The third-order valence-electron chi connectivity index (χ3n) is 5.08. The van der Waals surface area contributed by atoms with Crippen LogP contribution in [-0.4, -0.2) is 76.5 Å². The van der Waals surface area contributed by atoms with Gasteiger partial charge in [-0.2, -0.15) is 12.6 Å². The molecule has 1 aromatic rings. The molecular formula is C22H35N5O6S. The Hall–Kier alpha value is -2.67. The molecule has 0 aliphatic carbocycles. The number of amides is 3. The van der Waals surface area contributed by atoms with E-state index in [1.165, 1.54) is 6.92 Å². The van der Waals surface area contributed by atoms with Gasteiger partial charge in [-0.25, -0.2) is 4.79 Å². The summed E-state index contributed by atoms with van der Waals surface area (Å²) in [7, 11) is 0. The molecular weight excluding hydrogens is 462 g/mol. The number of carboxylic acids is 1. The first-order valence-corrected chi connectivity index (χ1v) is 11.7. The molecule has 0 saturated heterocycles. The third-order valence-corrected chi connectivity index (χ3v) is 5.44. The van der Waals surface area contributed by atoms with Gasteiger partial charge < -0.3 is 37.6 Å². The van der Waals surface area contributed by atoms with E-state index in [0.29, 0.717) is 19.4 Å². The maximum atomic E-state index is 12.9. The second-order valence-corrected chi connectivity index (χ2v) is 8.32. The van der Waals surface area contributed by atoms with E-state index in [1.807, 2.05) is 30.3 Å². The zero-order valence-corrected chi connectivity index (χ0v) is 20.0. The van der Waals surface area contributed by atoms with E-state index < -0.39 is 54.0 Å². The second kappa shape index (κ2) is 15.3. The number of thiol groups is 1. The third kappa shape index (κ3) is 10.1. The SMILES string of the molecule is CC(O)C(NC(=O)C(CS)NC(=O)C(CCCCN)NC(=O)C(N)Cc1ccccc1)C(=O)O. The molecule has 0 radical (unpaired) electrons. The van der Waals surface area contributed by atoms with E-state index in [1.54, 1.807) is 0 Å². The standard InChI is InChI=1S/C22H35N5O6S/c1-13(28)18(22(32)33)27-21(31)17(12-34)26-20(30)16(9-5-6-10-23)25-19(29)15(24)11-14-7-3-2-4-8-14/h2-4,7-8,13,15-18,28,34H,5-6,9-12,23-24H2,1H3,(H,25,29)(H,26,30)(H,27,31)(H,32,33). The number of rotatable bonds is 15. The minimum atomic E-state index is -1.55. The minimum absolute atomic E-state index is 0.138. The molecule has 0 bridgehead atoms. The number of hydrogen-bond donors (Lipinski definition) is 8. The Morgan fingerprint density at radius 2 is 1.56 bits per heavy atom. The Bertz CT molecular complexity index is 810. The van der Waals surface area contributed by atoms with Gasteiger partial charge in [0.05, 0.1) is 12.1 Å². The van der Waals surface area contributed by atoms with Crippen LogP contribution in [0.5, 0.6) is 0 Å². The molecule has 11 nitrogen and oxygen atoms in total. The Labute approximate surface area is 204 Å². The van der Waals surface area contributed by atoms with Gasteiger partial charge in [0.25, 0.3) is 0 Å². The van der Waals surface area contributed by atoms with Gasteiger partial charge in [-0.15, -0.1) is 0 Å². The van der Waals surface area contributed by atoms with Crippen LogP contribution in [0, 0.1) is 0 Å². The smallest absolute Gasteiger partial charge is 0.328 e. The fourth-order valence-corrected chi connectivity index (χ4v) is 3.37. The van der Waals surface area contributed by atoms with Crippen molar-refractivity contribution in [3.63, 3.8) is 0 Å². The average Bonchev–Trinajstić information content (AvgIpc) is 2.80. The first-order valence-electron chi connectivity index (χ1n) is 11.0. The number of aliphatic hydroxyl groups excluding tert-OH is 1. The van der Waals surface area contributed by atoms with Crippen molar-refractivity contribution in [1.82, 2.24) is 16.0 Å². The zero-order valence-electron chi connectivity index (χ0n) is 19.1. The Morgan fingerprint density at radius 3 is 2.09 bits per heavy atom. The van der Waals surface area contributed by atoms with Gasteiger partial charge in [-0.1, -0.05) is 30.3 Å².